The lowest BCUT2D eigenvalue weighted by molar-refractivity contribution is 0.581. The van der Waals surface area contributed by atoms with Gasteiger partial charge in [0, 0.05) is 26.0 Å². The summed E-state index contributed by atoms with van der Waals surface area (Å²) in [5, 5.41) is 11.5. The highest BCUT2D eigenvalue weighted by atomic mass is 32.2. The van der Waals surface area contributed by atoms with Crippen LogP contribution in [0.4, 0.5) is 5.69 Å². The summed E-state index contributed by atoms with van der Waals surface area (Å²) in [5.74, 6) is 0. The average Bonchev–Trinajstić information content (AvgIpc) is 2.53. The number of hydrogen-bond donors (Lipinski definition) is 2. The van der Waals surface area contributed by atoms with Crippen molar-refractivity contribution in [3.05, 3.63) is 53.9 Å². The molecule has 0 aliphatic heterocycles. The van der Waals surface area contributed by atoms with Crippen molar-refractivity contribution in [3.63, 3.8) is 0 Å². The highest BCUT2D eigenvalue weighted by Gasteiger charge is 2.17. The van der Waals surface area contributed by atoms with E-state index in [4.69, 9.17) is 5.26 Å². The SMILES string of the molecule is CNc1ccncc1S(=O)(=O)NCc1ccc(C#N)cc1. The number of aromatic nitrogens is 1. The van der Waals surface area contributed by atoms with Gasteiger partial charge in [-0.25, -0.2) is 13.1 Å². The van der Waals surface area contributed by atoms with Gasteiger partial charge in [0.25, 0.3) is 0 Å². The molecule has 21 heavy (non-hydrogen) atoms. The minimum absolute atomic E-state index is 0.0983. The van der Waals surface area contributed by atoms with E-state index in [0.717, 1.165) is 5.56 Å². The largest absolute Gasteiger partial charge is 0.387 e. The Hall–Kier alpha value is -2.43. The van der Waals surface area contributed by atoms with Crippen LogP contribution in [0.2, 0.25) is 0 Å². The topological polar surface area (TPSA) is 94.9 Å². The molecule has 2 N–H and O–H groups in total. The second kappa shape index (κ2) is 6.35. The van der Waals surface area contributed by atoms with Gasteiger partial charge < -0.3 is 5.32 Å². The summed E-state index contributed by atoms with van der Waals surface area (Å²) < 4.78 is 27.0. The third kappa shape index (κ3) is 3.56. The van der Waals surface area contributed by atoms with Crippen LogP contribution in [0, 0.1) is 11.3 Å². The van der Waals surface area contributed by atoms with Gasteiger partial charge in [-0.15, -0.1) is 0 Å². The third-order valence-corrected chi connectivity index (χ3v) is 4.32. The summed E-state index contributed by atoms with van der Waals surface area (Å²) in [4.78, 5) is 3.94. The normalized spacial score (nSPS) is 10.9. The number of nitriles is 1. The number of nitrogens with one attached hydrogen (secondary N) is 2. The first kappa shape index (κ1) is 15.0. The van der Waals surface area contributed by atoms with Gasteiger partial charge in [-0.05, 0) is 23.8 Å². The number of pyridine rings is 1. The third-order valence-electron chi connectivity index (χ3n) is 2.89. The van der Waals surface area contributed by atoms with E-state index >= 15 is 0 Å². The average molecular weight is 302 g/mol. The zero-order chi connectivity index (χ0) is 15.3. The van der Waals surface area contributed by atoms with E-state index in [2.05, 4.69) is 15.0 Å². The maximum atomic E-state index is 12.3. The molecule has 1 aromatic heterocycles. The van der Waals surface area contributed by atoms with Crippen LogP contribution < -0.4 is 10.0 Å². The van der Waals surface area contributed by atoms with E-state index in [9.17, 15) is 8.42 Å². The molecule has 108 valence electrons. The van der Waals surface area contributed by atoms with Gasteiger partial charge >= 0.3 is 0 Å². The number of anilines is 1. The van der Waals surface area contributed by atoms with Gasteiger partial charge in [0.1, 0.15) is 4.90 Å². The van der Waals surface area contributed by atoms with Crippen molar-refractivity contribution in [2.75, 3.05) is 12.4 Å². The van der Waals surface area contributed by atoms with Gasteiger partial charge in [0.15, 0.2) is 0 Å². The fraction of sp³-hybridized carbons (Fsp3) is 0.143. The van der Waals surface area contributed by atoms with E-state index < -0.39 is 10.0 Å². The molecule has 0 aliphatic rings. The van der Waals surface area contributed by atoms with Crippen molar-refractivity contribution in [1.82, 2.24) is 9.71 Å². The van der Waals surface area contributed by atoms with Crippen molar-refractivity contribution in [2.45, 2.75) is 11.4 Å². The predicted octanol–water partition coefficient (Wildman–Crippen LogP) is 1.47. The molecule has 0 atom stereocenters. The van der Waals surface area contributed by atoms with Crippen LogP contribution in [0.25, 0.3) is 0 Å². The molecular formula is C14H14N4O2S. The van der Waals surface area contributed by atoms with Crippen LogP contribution in [-0.2, 0) is 16.6 Å². The fourth-order valence-electron chi connectivity index (χ4n) is 1.75. The Morgan fingerprint density at radius 1 is 1.24 bits per heavy atom. The number of benzene rings is 1. The van der Waals surface area contributed by atoms with Crippen LogP contribution in [0.3, 0.4) is 0 Å². The summed E-state index contributed by atoms with van der Waals surface area (Å²) >= 11 is 0. The van der Waals surface area contributed by atoms with E-state index in [1.165, 1.54) is 12.4 Å². The van der Waals surface area contributed by atoms with Crippen molar-refractivity contribution in [3.8, 4) is 6.07 Å². The zero-order valence-corrected chi connectivity index (χ0v) is 12.2. The van der Waals surface area contributed by atoms with E-state index in [-0.39, 0.29) is 11.4 Å². The predicted molar refractivity (Wildman–Crippen MR) is 79.0 cm³/mol. The Labute approximate surface area is 123 Å². The van der Waals surface area contributed by atoms with Crippen LogP contribution in [0.1, 0.15) is 11.1 Å². The van der Waals surface area contributed by atoms with Gasteiger partial charge in [-0.3, -0.25) is 4.98 Å². The minimum Gasteiger partial charge on any atom is -0.387 e. The summed E-state index contributed by atoms with van der Waals surface area (Å²) in [6.07, 6.45) is 2.82. The standard InChI is InChI=1S/C14H14N4O2S/c1-16-13-6-7-17-10-14(13)21(19,20)18-9-12-4-2-11(8-15)3-5-12/h2-7,10,18H,9H2,1H3,(H,16,17). The first-order valence-electron chi connectivity index (χ1n) is 6.17. The molecule has 1 heterocycles. The maximum Gasteiger partial charge on any atom is 0.244 e. The highest BCUT2D eigenvalue weighted by Crippen LogP contribution is 2.18. The zero-order valence-electron chi connectivity index (χ0n) is 11.4. The summed E-state index contributed by atoms with van der Waals surface area (Å²) in [5.41, 5.74) is 1.79. The van der Waals surface area contributed by atoms with Gasteiger partial charge in [0.2, 0.25) is 10.0 Å². The van der Waals surface area contributed by atoms with Crippen molar-refractivity contribution >= 4 is 15.7 Å². The molecule has 0 unspecified atom stereocenters. The van der Waals surface area contributed by atoms with Gasteiger partial charge in [-0.1, -0.05) is 12.1 Å². The lowest BCUT2D eigenvalue weighted by Crippen LogP contribution is -2.24. The maximum absolute atomic E-state index is 12.3. The molecule has 0 bridgehead atoms. The number of hydrogen-bond acceptors (Lipinski definition) is 5. The van der Waals surface area contributed by atoms with Crippen LogP contribution in [-0.4, -0.2) is 20.4 Å². The molecule has 0 radical (unpaired) electrons. The molecule has 0 fully saturated rings. The minimum atomic E-state index is -3.66. The molecule has 0 amide bonds. The van der Waals surface area contributed by atoms with Crippen molar-refractivity contribution in [2.24, 2.45) is 0 Å². The summed E-state index contributed by atoms with van der Waals surface area (Å²) in [6, 6.07) is 10.3. The number of rotatable bonds is 5. The van der Waals surface area contributed by atoms with E-state index in [0.29, 0.717) is 11.3 Å². The quantitative estimate of drug-likeness (QED) is 0.872. The van der Waals surface area contributed by atoms with Crippen LogP contribution in [0.15, 0.2) is 47.6 Å². The number of sulfonamides is 1. The molecule has 1 aromatic carbocycles. The Balaban J connectivity index is 2.16. The lowest BCUT2D eigenvalue weighted by Gasteiger charge is -2.10. The monoisotopic (exact) mass is 302 g/mol. The van der Waals surface area contributed by atoms with Crippen LogP contribution >= 0.6 is 0 Å². The molecule has 0 saturated carbocycles. The molecular weight excluding hydrogens is 288 g/mol. The molecule has 2 aromatic rings. The second-order valence-corrected chi connectivity index (χ2v) is 5.99. The van der Waals surface area contributed by atoms with E-state index in [1.807, 2.05) is 6.07 Å². The van der Waals surface area contributed by atoms with Crippen LogP contribution in [0.5, 0.6) is 0 Å². The Morgan fingerprint density at radius 2 is 1.95 bits per heavy atom. The highest BCUT2D eigenvalue weighted by molar-refractivity contribution is 7.89. The van der Waals surface area contributed by atoms with Crippen molar-refractivity contribution < 1.29 is 8.42 Å². The smallest absolute Gasteiger partial charge is 0.244 e. The lowest BCUT2D eigenvalue weighted by atomic mass is 10.1. The molecule has 0 saturated heterocycles. The Morgan fingerprint density at radius 3 is 2.57 bits per heavy atom. The molecule has 7 heteroatoms. The summed E-state index contributed by atoms with van der Waals surface area (Å²) in [6.45, 7) is 0.145. The van der Waals surface area contributed by atoms with Gasteiger partial charge in [-0.2, -0.15) is 5.26 Å². The molecule has 2 rings (SSSR count). The Kier molecular flexibility index (Phi) is 4.52. The Bertz CT molecular complexity index is 764. The molecule has 0 aliphatic carbocycles. The van der Waals surface area contributed by atoms with Crippen molar-refractivity contribution in [1.29, 1.82) is 5.26 Å². The second-order valence-electron chi connectivity index (χ2n) is 4.26. The van der Waals surface area contributed by atoms with Gasteiger partial charge in [0.05, 0.1) is 17.3 Å². The molecule has 0 spiro atoms. The fourth-order valence-corrected chi connectivity index (χ4v) is 2.93. The first-order chi connectivity index (χ1) is 10.1. The number of nitrogens with zero attached hydrogens (tertiary/aromatic N) is 2. The molecule has 6 nitrogen and oxygen atoms in total. The van der Waals surface area contributed by atoms with E-state index in [1.54, 1.807) is 37.4 Å². The summed E-state index contributed by atoms with van der Waals surface area (Å²) in [7, 11) is -2.01. The first-order valence-corrected chi connectivity index (χ1v) is 7.65.